The SMILES string of the molecule is C[C@H]1CN([C@@H](C)CO)C(=O)c2cccc(NC(=O)C3CCOCC3)c2O[C@H]1CN(C)S(=O)(=O)c1ccccc1. The molecular formula is C28H37N3O7S. The molecule has 3 atom stereocenters. The first-order valence-corrected chi connectivity index (χ1v) is 14.7. The van der Waals surface area contributed by atoms with E-state index in [0.717, 1.165) is 0 Å². The fourth-order valence-corrected chi connectivity index (χ4v) is 6.08. The second kappa shape index (κ2) is 12.5. The first kappa shape index (κ1) is 29.0. The van der Waals surface area contributed by atoms with Gasteiger partial charge in [0.1, 0.15) is 6.10 Å². The van der Waals surface area contributed by atoms with Crippen LogP contribution in [0.1, 0.15) is 37.0 Å². The lowest BCUT2D eigenvalue weighted by atomic mass is 9.98. The van der Waals surface area contributed by atoms with Crippen LogP contribution in [0.15, 0.2) is 53.4 Å². The van der Waals surface area contributed by atoms with Crippen molar-refractivity contribution in [3.8, 4) is 5.75 Å². The van der Waals surface area contributed by atoms with Crippen molar-refractivity contribution in [3.05, 3.63) is 54.1 Å². The number of carbonyl (C=O) groups excluding carboxylic acids is 2. The summed E-state index contributed by atoms with van der Waals surface area (Å²) >= 11 is 0. The molecular weight excluding hydrogens is 522 g/mol. The fraction of sp³-hybridized carbons (Fsp3) is 0.500. The van der Waals surface area contributed by atoms with Crippen molar-refractivity contribution in [2.24, 2.45) is 11.8 Å². The standard InChI is InChI=1S/C28H37N3O7S/c1-19-16-31(20(2)18-32)28(34)23-10-7-11-24(29-27(33)21-12-14-37-15-13-21)26(23)38-25(19)17-30(3)39(35,36)22-8-5-4-6-9-22/h4-11,19-21,25,32H,12-18H2,1-3H3,(H,29,33)/t19-,20-,25-/m0/s1. The third-order valence-electron chi connectivity index (χ3n) is 7.43. The highest BCUT2D eigenvalue weighted by molar-refractivity contribution is 7.89. The van der Waals surface area contributed by atoms with Crippen molar-refractivity contribution in [3.63, 3.8) is 0 Å². The summed E-state index contributed by atoms with van der Waals surface area (Å²) in [6, 6.07) is 12.7. The Labute approximate surface area is 229 Å². The van der Waals surface area contributed by atoms with Crippen molar-refractivity contribution in [2.75, 3.05) is 45.3 Å². The number of fused-ring (bicyclic) bond motifs is 1. The number of hydrogen-bond acceptors (Lipinski definition) is 7. The van der Waals surface area contributed by atoms with E-state index in [9.17, 15) is 23.1 Å². The zero-order valence-electron chi connectivity index (χ0n) is 22.6. The van der Waals surface area contributed by atoms with Gasteiger partial charge in [0.15, 0.2) is 5.75 Å². The molecule has 2 amide bonds. The molecule has 2 aromatic rings. The number of para-hydroxylation sites is 1. The Hall–Kier alpha value is -2.99. The number of hydrogen-bond donors (Lipinski definition) is 2. The van der Waals surface area contributed by atoms with Crippen LogP contribution in [-0.4, -0.2) is 86.6 Å². The van der Waals surface area contributed by atoms with Crippen molar-refractivity contribution in [1.29, 1.82) is 0 Å². The number of rotatable bonds is 8. The van der Waals surface area contributed by atoms with Crippen LogP contribution < -0.4 is 10.1 Å². The van der Waals surface area contributed by atoms with Crippen molar-refractivity contribution >= 4 is 27.5 Å². The summed E-state index contributed by atoms with van der Waals surface area (Å²) in [4.78, 5) is 28.5. The largest absolute Gasteiger partial charge is 0.486 e. The summed E-state index contributed by atoms with van der Waals surface area (Å²) in [5.74, 6) is -0.839. The van der Waals surface area contributed by atoms with E-state index in [1.54, 1.807) is 48.2 Å². The van der Waals surface area contributed by atoms with Gasteiger partial charge in [-0.05, 0) is 44.0 Å². The van der Waals surface area contributed by atoms with Crippen molar-refractivity contribution in [1.82, 2.24) is 9.21 Å². The lowest BCUT2D eigenvalue weighted by Gasteiger charge is -2.38. The minimum Gasteiger partial charge on any atom is -0.486 e. The minimum absolute atomic E-state index is 0.00954. The summed E-state index contributed by atoms with van der Waals surface area (Å²) in [6.07, 6.45) is 0.545. The highest BCUT2D eigenvalue weighted by Gasteiger charge is 2.36. The van der Waals surface area contributed by atoms with Gasteiger partial charge >= 0.3 is 0 Å². The zero-order chi connectivity index (χ0) is 28.2. The van der Waals surface area contributed by atoms with Crippen LogP contribution in [0, 0.1) is 11.8 Å². The molecule has 2 heterocycles. The third-order valence-corrected chi connectivity index (χ3v) is 9.27. The van der Waals surface area contributed by atoms with Gasteiger partial charge in [-0.3, -0.25) is 9.59 Å². The van der Waals surface area contributed by atoms with Crippen molar-refractivity contribution in [2.45, 2.75) is 43.7 Å². The summed E-state index contributed by atoms with van der Waals surface area (Å²) in [5.41, 5.74) is 0.590. The Morgan fingerprint density at radius 3 is 2.51 bits per heavy atom. The number of carbonyl (C=O) groups is 2. The lowest BCUT2D eigenvalue weighted by Crippen LogP contribution is -2.50. The van der Waals surface area contributed by atoms with Crippen LogP contribution in [0.2, 0.25) is 0 Å². The van der Waals surface area contributed by atoms with Gasteiger partial charge in [0.25, 0.3) is 5.91 Å². The third kappa shape index (κ3) is 6.43. The molecule has 2 N–H and O–H groups in total. The first-order valence-electron chi connectivity index (χ1n) is 13.2. The molecule has 11 heteroatoms. The summed E-state index contributed by atoms with van der Waals surface area (Å²) in [5, 5.41) is 12.8. The second-order valence-corrected chi connectivity index (χ2v) is 12.3. The van der Waals surface area contributed by atoms with Crippen molar-refractivity contribution < 1.29 is 32.6 Å². The number of aliphatic hydroxyl groups excluding tert-OH is 1. The number of benzene rings is 2. The molecule has 4 rings (SSSR count). The fourth-order valence-electron chi connectivity index (χ4n) is 4.88. The molecule has 39 heavy (non-hydrogen) atoms. The molecule has 212 valence electrons. The highest BCUT2D eigenvalue weighted by atomic mass is 32.2. The maximum atomic E-state index is 13.6. The van der Waals surface area contributed by atoms with Gasteiger partial charge in [0, 0.05) is 38.6 Å². The normalized spacial score (nSPS) is 21.5. The van der Waals surface area contributed by atoms with E-state index in [4.69, 9.17) is 9.47 Å². The first-order chi connectivity index (χ1) is 18.6. The lowest BCUT2D eigenvalue weighted by molar-refractivity contribution is -0.122. The molecule has 1 saturated heterocycles. The van der Waals surface area contributed by atoms with Gasteiger partial charge in [0.05, 0.1) is 35.3 Å². The van der Waals surface area contributed by atoms with Crippen LogP contribution in [0.3, 0.4) is 0 Å². The maximum absolute atomic E-state index is 13.6. The molecule has 0 aliphatic carbocycles. The molecule has 2 aliphatic heterocycles. The smallest absolute Gasteiger partial charge is 0.258 e. The molecule has 0 radical (unpaired) electrons. The van der Waals surface area contributed by atoms with Gasteiger partial charge < -0.3 is 24.8 Å². The quantitative estimate of drug-likeness (QED) is 0.509. The highest BCUT2D eigenvalue weighted by Crippen LogP contribution is 2.36. The molecule has 1 fully saturated rings. The Morgan fingerprint density at radius 1 is 1.15 bits per heavy atom. The minimum atomic E-state index is -3.80. The van der Waals surface area contributed by atoms with E-state index in [-0.39, 0.29) is 59.6 Å². The van der Waals surface area contributed by atoms with Crippen LogP contribution in [-0.2, 0) is 19.6 Å². The molecule has 10 nitrogen and oxygen atoms in total. The Balaban J connectivity index is 1.69. The second-order valence-electron chi connectivity index (χ2n) is 10.3. The molecule has 0 bridgehead atoms. The Kier molecular flexibility index (Phi) is 9.27. The van der Waals surface area contributed by atoms with E-state index >= 15 is 0 Å². The van der Waals surface area contributed by atoms with Crippen LogP contribution >= 0.6 is 0 Å². The maximum Gasteiger partial charge on any atom is 0.258 e. The van der Waals surface area contributed by atoms with Crippen LogP contribution in [0.4, 0.5) is 5.69 Å². The van der Waals surface area contributed by atoms with E-state index in [1.807, 2.05) is 6.92 Å². The van der Waals surface area contributed by atoms with Gasteiger partial charge in [-0.15, -0.1) is 0 Å². The van der Waals surface area contributed by atoms with Crippen LogP contribution in [0.25, 0.3) is 0 Å². The summed E-state index contributed by atoms with van der Waals surface area (Å²) < 4.78 is 39.6. The molecule has 2 aliphatic rings. The number of ether oxygens (including phenoxy) is 2. The average molecular weight is 560 g/mol. The molecule has 0 unspecified atom stereocenters. The Morgan fingerprint density at radius 2 is 1.85 bits per heavy atom. The van der Waals surface area contributed by atoms with Gasteiger partial charge in [-0.1, -0.05) is 31.2 Å². The Bertz CT molecular complexity index is 1270. The monoisotopic (exact) mass is 559 g/mol. The van der Waals surface area contributed by atoms with E-state index < -0.39 is 22.2 Å². The van der Waals surface area contributed by atoms with E-state index in [2.05, 4.69) is 5.32 Å². The summed E-state index contributed by atoms with van der Waals surface area (Å²) in [6.45, 7) is 4.68. The van der Waals surface area contributed by atoms with Gasteiger partial charge in [-0.25, -0.2) is 8.42 Å². The van der Waals surface area contributed by atoms with Gasteiger partial charge in [-0.2, -0.15) is 4.31 Å². The topological polar surface area (TPSA) is 125 Å². The zero-order valence-corrected chi connectivity index (χ0v) is 23.4. The van der Waals surface area contributed by atoms with Gasteiger partial charge in [0.2, 0.25) is 15.9 Å². The molecule has 0 saturated carbocycles. The van der Waals surface area contributed by atoms with Crippen LogP contribution in [0.5, 0.6) is 5.75 Å². The number of likely N-dealkylation sites (N-methyl/N-ethyl adjacent to an activating group) is 1. The molecule has 0 spiro atoms. The number of nitrogens with one attached hydrogen (secondary N) is 1. The predicted molar refractivity (Wildman–Crippen MR) is 146 cm³/mol. The summed E-state index contributed by atoms with van der Waals surface area (Å²) in [7, 11) is -2.30. The average Bonchev–Trinajstić information content (AvgIpc) is 2.95. The van der Waals surface area contributed by atoms with E-state index in [1.165, 1.54) is 23.5 Å². The number of aliphatic hydroxyl groups is 1. The van der Waals surface area contributed by atoms with E-state index in [0.29, 0.717) is 31.7 Å². The predicted octanol–water partition coefficient (Wildman–Crippen LogP) is 2.59. The number of nitrogens with zero attached hydrogens (tertiary/aromatic N) is 2. The number of amides is 2. The molecule has 0 aromatic heterocycles. The number of sulfonamides is 1. The number of anilines is 1. The molecule has 2 aromatic carbocycles.